The summed E-state index contributed by atoms with van der Waals surface area (Å²) in [6, 6.07) is 11.3. The summed E-state index contributed by atoms with van der Waals surface area (Å²) in [6.45, 7) is 2.40. The minimum absolute atomic E-state index is 0.292. The lowest BCUT2D eigenvalue weighted by molar-refractivity contribution is -0.123. The highest BCUT2D eigenvalue weighted by Crippen LogP contribution is 2.27. The molecule has 0 saturated heterocycles. The summed E-state index contributed by atoms with van der Waals surface area (Å²) in [5, 5.41) is 0.756. The molecule has 8 heteroatoms. The van der Waals surface area contributed by atoms with Crippen LogP contribution in [0, 0.1) is 0 Å². The molecule has 144 valence electrons. The van der Waals surface area contributed by atoms with Crippen LogP contribution in [0.2, 0.25) is 10.0 Å². The number of carbonyl (C=O) groups is 2. The molecule has 2 amide bonds. The van der Waals surface area contributed by atoms with E-state index in [1.807, 2.05) is 0 Å². The van der Waals surface area contributed by atoms with Gasteiger partial charge in [-0.2, -0.15) is 0 Å². The third kappa shape index (κ3) is 7.00. The molecule has 0 aliphatic rings. The van der Waals surface area contributed by atoms with Gasteiger partial charge in [0.2, 0.25) is 0 Å². The molecule has 0 unspecified atom stereocenters. The fourth-order valence-corrected chi connectivity index (χ4v) is 2.47. The van der Waals surface area contributed by atoms with Crippen molar-refractivity contribution in [3.63, 3.8) is 0 Å². The fraction of sp³-hybridized carbons (Fsp3) is 0.263. The molecule has 0 atom stereocenters. The van der Waals surface area contributed by atoms with Crippen molar-refractivity contribution < 1.29 is 19.1 Å². The Labute approximate surface area is 167 Å². The minimum atomic E-state index is -0.533. The van der Waals surface area contributed by atoms with Crippen LogP contribution < -0.4 is 20.3 Å². The Balaban J connectivity index is 1.76. The summed E-state index contributed by atoms with van der Waals surface area (Å²) in [5.41, 5.74) is 4.98. The Morgan fingerprint density at radius 1 is 1.00 bits per heavy atom. The number of unbranched alkanes of at least 4 members (excludes halogenated alkanes) is 1. The van der Waals surface area contributed by atoms with Crippen LogP contribution in [-0.2, 0) is 4.79 Å². The van der Waals surface area contributed by atoms with Crippen LogP contribution in [0.5, 0.6) is 11.5 Å². The second kappa shape index (κ2) is 10.6. The van der Waals surface area contributed by atoms with Crippen molar-refractivity contribution in [2.24, 2.45) is 0 Å². The van der Waals surface area contributed by atoms with Gasteiger partial charge in [0, 0.05) is 10.6 Å². The first-order valence-electron chi connectivity index (χ1n) is 8.39. The summed E-state index contributed by atoms with van der Waals surface area (Å²) in [4.78, 5) is 23.8. The molecule has 27 heavy (non-hydrogen) atoms. The summed E-state index contributed by atoms with van der Waals surface area (Å²) in [6.07, 6.45) is 2.02. The summed E-state index contributed by atoms with van der Waals surface area (Å²) < 4.78 is 10.8. The average molecular weight is 411 g/mol. The van der Waals surface area contributed by atoms with Gasteiger partial charge in [-0.15, -0.1) is 0 Å². The molecule has 0 aliphatic carbocycles. The number of benzene rings is 2. The highest BCUT2D eigenvalue weighted by molar-refractivity contribution is 6.35. The van der Waals surface area contributed by atoms with Crippen molar-refractivity contribution in [2.75, 3.05) is 13.2 Å². The molecule has 0 saturated carbocycles. The third-order valence-electron chi connectivity index (χ3n) is 3.45. The second-order valence-electron chi connectivity index (χ2n) is 5.59. The predicted molar refractivity (Wildman–Crippen MR) is 104 cm³/mol. The minimum Gasteiger partial charge on any atom is -0.494 e. The third-order valence-corrected chi connectivity index (χ3v) is 3.98. The Morgan fingerprint density at radius 3 is 2.41 bits per heavy atom. The number of amides is 2. The highest BCUT2D eigenvalue weighted by Gasteiger charge is 2.09. The number of nitrogens with one attached hydrogen (secondary N) is 2. The maximum Gasteiger partial charge on any atom is 0.276 e. The van der Waals surface area contributed by atoms with Crippen LogP contribution >= 0.6 is 23.2 Å². The van der Waals surface area contributed by atoms with E-state index in [-0.39, 0.29) is 6.61 Å². The fourth-order valence-electron chi connectivity index (χ4n) is 2.01. The Morgan fingerprint density at radius 2 is 1.74 bits per heavy atom. The van der Waals surface area contributed by atoms with Crippen LogP contribution in [0.25, 0.3) is 0 Å². The zero-order chi connectivity index (χ0) is 19.6. The molecule has 0 spiro atoms. The van der Waals surface area contributed by atoms with Gasteiger partial charge in [0.05, 0.1) is 11.6 Å². The quantitative estimate of drug-likeness (QED) is 0.508. The number of hydrogen-bond acceptors (Lipinski definition) is 4. The molecule has 0 aromatic heterocycles. The predicted octanol–water partition coefficient (Wildman–Crippen LogP) is 4.01. The van der Waals surface area contributed by atoms with E-state index in [4.69, 9.17) is 32.7 Å². The molecule has 6 nitrogen and oxygen atoms in total. The van der Waals surface area contributed by atoms with E-state index < -0.39 is 11.8 Å². The smallest absolute Gasteiger partial charge is 0.276 e. The van der Waals surface area contributed by atoms with E-state index in [2.05, 4.69) is 17.8 Å². The van der Waals surface area contributed by atoms with Gasteiger partial charge in [0.15, 0.2) is 6.61 Å². The molecule has 0 aliphatic heterocycles. The van der Waals surface area contributed by atoms with Crippen molar-refractivity contribution >= 4 is 35.0 Å². The molecular weight excluding hydrogens is 391 g/mol. The van der Waals surface area contributed by atoms with Gasteiger partial charge in [0.25, 0.3) is 11.8 Å². The molecule has 0 fully saturated rings. The number of rotatable bonds is 8. The van der Waals surface area contributed by atoms with Crippen molar-refractivity contribution in [1.82, 2.24) is 10.9 Å². The maximum absolute atomic E-state index is 12.0. The zero-order valence-electron chi connectivity index (χ0n) is 14.8. The molecule has 2 aromatic rings. The van der Waals surface area contributed by atoms with E-state index in [1.165, 1.54) is 6.07 Å². The number of carbonyl (C=O) groups excluding carboxylic acids is 2. The van der Waals surface area contributed by atoms with E-state index >= 15 is 0 Å². The average Bonchev–Trinajstić information content (AvgIpc) is 2.66. The van der Waals surface area contributed by atoms with Crippen LogP contribution in [-0.4, -0.2) is 25.0 Å². The lowest BCUT2D eigenvalue weighted by Crippen LogP contribution is -2.43. The van der Waals surface area contributed by atoms with Crippen molar-refractivity contribution in [3.8, 4) is 11.5 Å². The Kier molecular flexibility index (Phi) is 8.23. The van der Waals surface area contributed by atoms with Crippen LogP contribution in [0.4, 0.5) is 0 Å². The lowest BCUT2D eigenvalue weighted by Gasteiger charge is -2.10. The molecule has 2 N–H and O–H groups in total. The van der Waals surface area contributed by atoms with Gasteiger partial charge in [-0.3, -0.25) is 20.4 Å². The van der Waals surface area contributed by atoms with Crippen molar-refractivity contribution in [2.45, 2.75) is 19.8 Å². The van der Waals surface area contributed by atoms with Crippen LogP contribution in [0.1, 0.15) is 30.1 Å². The lowest BCUT2D eigenvalue weighted by atomic mass is 10.2. The normalized spacial score (nSPS) is 10.2. The standard InChI is InChI=1S/C19H20Cl2N2O4/c1-2-3-10-26-15-7-4-13(5-8-15)19(25)23-22-18(24)12-27-17-9-6-14(20)11-16(17)21/h4-9,11H,2-3,10,12H2,1H3,(H,22,24)(H,23,25). The molecular formula is C19H20Cl2N2O4. The van der Waals surface area contributed by atoms with Gasteiger partial charge >= 0.3 is 0 Å². The first-order chi connectivity index (χ1) is 13.0. The van der Waals surface area contributed by atoms with E-state index in [0.717, 1.165) is 12.8 Å². The maximum atomic E-state index is 12.0. The van der Waals surface area contributed by atoms with Crippen LogP contribution in [0.3, 0.4) is 0 Å². The largest absolute Gasteiger partial charge is 0.494 e. The Bertz CT molecular complexity index is 782. The molecule has 2 rings (SSSR count). The summed E-state index contributed by atoms with van der Waals surface area (Å²) >= 11 is 11.7. The topological polar surface area (TPSA) is 76.7 Å². The van der Waals surface area contributed by atoms with E-state index in [9.17, 15) is 9.59 Å². The summed E-state index contributed by atoms with van der Waals surface area (Å²) in [5.74, 6) is 0.0281. The second-order valence-corrected chi connectivity index (χ2v) is 6.44. The van der Waals surface area contributed by atoms with Gasteiger partial charge in [-0.25, -0.2) is 0 Å². The number of hydrazine groups is 1. The molecule has 0 heterocycles. The van der Waals surface area contributed by atoms with Gasteiger partial charge in [-0.05, 0) is 48.9 Å². The molecule has 0 bridgehead atoms. The zero-order valence-corrected chi connectivity index (χ0v) is 16.3. The first-order valence-corrected chi connectivity index (χ1v) is 9.15. The van der Waals surface area contributed by atoms with Crippen molar-refractivity contribution in [3.05, 3.63) is 58.1 Å². The van der Waals surface area contributed by atoms with E-state index in [1.54, 1.807) is 36.4 Å². The van der Waals surface area contributed by atoms with Gasteiger partial charge in [-0.1, -0.05) is 36.5 Å². The Hall–Kier alpha value is -2.44. The molecule has 0 radical (unpaired) electrons. The number of hydrogen-bond donors (Lipinski definition) is 2. The first kappa shape index (κ1) is 20.9. The van der Waals surface area contributed by atoms with Gasteiger partial charge < -0.3 is 9.47 Å². The van der Waals surface area contributed by atoms with E-state index in [0.29, 0.717) is 33.7 Å². The SMILES string of the molecule is CCCCOc1ccc(C(=O)NNC(=O)COc2ccc(Cl)cc2Cl)cc1. The molecule has 2 aromatic carbocycles. The number of halogens is 2. The highest BCUT2D eigenvalue weighted by atomic mass is 35.5. The van der Waals surface area contributed by atoms with Crippen LogP contribution in [0.15, 0.2) is 42.5 Å². The number of ether oxygens (including phenoxy) is 2. The van der Waals surface area contributed by atoms with Crippen molar-refractivity contribution in [1.29, 1.82) is 0 Å². The summed E-state index contributed by atoms with van der Waals surface area (Å²) in [7, 11) is 0. The van der Waals surface area contributed by atoms with Gasteiger partial charge in [0.1, 0.15) is 11.5 Å². The monoisotopic (exact) mass is 410 g/mol.